The van der Waals surface area contributed by atoms with E-state index in [-0.39, 0.29) is 12.5 Å². The van der Waals surface area contributed by atoms with Crippen molar-refractivity contribution < 1.29 is 19.1 Å². The lowest BCUT2D eigenvalue weighted by Crippen LogP contribution is -2.43. The molecular weight excluding hydrogens is 224 g/mol. The molecule has 1 rings (SSSR count). The van der Waals surface area contributed by atoms with Crippen LogP contribution in [0.4, 0.5) is 4.79 Å². The summed E-state index contributed by atoms with van der Waals surface area (Å²) in [6.45, 7) is 5.30. The van der Waals surface area contributed by atoms with E-state index in [1.807, 2.05) is 6.92 Å². The fraction of sp³-hybridized carbons (Fsp3) is 0.727. The van der Waals surface area contributed by atoms with E-state index in [9.17, 15) is 14.4 Å². The molecule has 6 nitrogen and oxygen atoms in total. The highest BCUT2D eigenvalue weighted by Crippen LogP contribution is 2.20. The summed E-state index contributed by atoms with van der Waals surface area (Å²) in [5.74, 6) is -0.936. The van der Waals surface area contributed by atoms with Crippen molar-refractivity contribution in [1.29, 1.82) is 0 Å². The van der Waals surface area contributed by atoms with Crippen LogP contribution in [0.15, 0.2) is 0 Å². The van der Waals surface area contributed by atoms with Crippen molar-refractivity contribution in [3.63, 3.8) is 0 Å². The number of imide groups is 1. The molecule has 0 aliphatic carbocycles. The van der Waals surface area contributed by atoms with Crippen molar-refractivity contribution in [2.45, 2.75) is 39.2 Å². The van der Waals surface area contributed by atoms with Gasteiger partial charge in [0.1, 0.15) is 12.1 Å². The van der Waals surface area contributed by atoms with Crippen LogP contribution >= 0.6 is 0 Å². The van der Waals surface area contributed by atoms with Crippen molar-refractivity contribution in [2.24, 2.45) is 0 Å². The van der Waals surface area contributed by atoms with Gasteiger partial charge >= 0.3 is 12.0 Å². The first-order valence-corrected chi connectivity index (χ1v) is 5.74. The molecule has 1 aliphatic heterocycles. The Bertz CT molecular complexity index is 342. The van der Waals surface area contributed by atoms with Gasteiger partial charge in [-0.05, 0) is 19.8 Å². The smallest absolute Gasteiger partial charge is 0.326 e. The van der Waals surface area contributed by atoms with Crippen LogP contribution in [0.25, 0.3) is 0 Å². The third-order valence-corrected chi connectivity index (χ3v) is 2.81. The molecule has 1 saturated heterocycles. The van der Waals surface area contributed by atoms with Crippen LogP contribution in [-0.2, 0) is 14.3 Å². The largest absolute Gasteiger partial charge is 0.464 e. The van der Waals surface area contributed by atoms with Gasteiger partial charge < -0.3 is 10.1 Å². The molecule has 0 aromatic heterocycles. The molecule has 6 heteroatoms. The molecule has 1 heterocycles. The van der Waals surface area contributed by atoms with Crippen LogP contribution in [0.1, 0.15) is 33.6 Å². The van der Waals surface area contributed by atoms with Crippen molar-refractivity contribution in [3.05, 3.63) is 0 Å². The topological polar surface area (TPSA) is 75.7 Å². The van der Waals surface area contributed by atoms with E-state index < -0.39 is 17.5 Å². The van der Waals surface area contributed by atoms with Crippen LogP contribution in [-0.4, -0.2) is 41.5 Å². The van der Waals surface area contributed by atoms with Crippen molar-refractivity contribution in [2.75, 3.05) is 13.2 Å². The first-order valence-electron chi connectivity index (χ1n) is 5.74. The Morgan fingerprint density at radius 3 is 2.53 bits per heavy atom. The normalized spacial score (nSPS) is 23.8. The van der Waals surface area contributed by atoms with E-state index in [2.05, 4.69) is 5.32 Å². The molecule has 0 aromatic rings. The van der Waals surface area contributed by atoms with Gasteiger partial charge in [0.05, 0.1) is 6.61 Å². The number of esters is 1. The summed E-state index contributed by atoms with van der Waals surface area (Å²) in [5, 5.41) is 2.57. The molecule has 0 spiro atoms. The molecular formula is C11H18N2O4. The Morgan fingerprint density at radius 2 is 2.06 bits per heavy atom. The second-order valence-corrected chi connectivity index (χ2v) is 4.23. The summed E-state index contributed by atoms with van der Waals surface area (Å²) in [5.41, 5.74) is -0.901. The van der Waals surface area contributed by atoms with Gasteiger partial charge in [-0.3, -0.25) is 14.5 Å². The van der Waals surface area contributed by atoms with Gasteiger partial charge in [-0.25, -0.2) is 4.79 Å². The van der Waals surface area contributed by atoms with Gasteiger partial charge in [0.25, 0.3) is 5.91 Å². The van der Waals surface area contributed by atoms with Crippen LogP contribution in [0, 0.1) is 0 Å². The van der Waals surface area contributed by atoms with Crippen LogP contribution in [0.2, 0.25) is 0 Å². The van der Waals surface area contributed by atoms with E-state index in [0.29, 0.717) is 19.4 Å². The zero-order valence-electron chi connectivity index (χ0n) is 10.4. The van der Waals surface area contributed by atoms with Gasteiger partial charge in [0.15, 0.2) is 0 Å². The highest BCUT2D eigenvalue weighted by atomic mass is 16.5. The number of nitrogens with zero attached hydrogens (tertiary/aromatic N) is 1. The third-order valence-electron chi connectivity index (χ3n) is 2.81. The molecule has 1 N–H and O–H groups in total. The predicted molar refractivity (Wildman–Crippen MR) is 60.2 cm³/mol. The molecule has 1 unspecified atom stereocenters. The summed E-state index contributed by atoms with van der Waals surface area (Å²) < 4.78 is 4.84. The maximum atomic E-state index is 11.9. The molecule has 0 aromatic carbocycles. The molecule has 96 valence electrons. The number of amides is 3. The lowest BCUT2D eigenvalue weighted by Gasteiger charge is -2.18. The number of carbonyl (C=O) groups is 3. The molecule has 1 atom stereocenters. The highest BCUT2D eigenvalue weighted by Gasteiger charge is 2.47. The quantitative estimate of drug-likeness (QED) is 0.567. The number of urea groups is 1. The average molecular weight is 242 g/mol. The summed E-state index contributed by atoms with van der Waals surface area (Å²) in [6, 6.07) is -0.534. The lowest BCUT2D eigenvalue weighted by atomic mass is 9.99. The molecule has 1 aliphatic rings. The maximum absolute atomic E-state index is 11.9. The van der Waals surface area contributed by atoms with Crippen LogP contribution in [0.5, 0.6) is 0 Å². The van der Waals surface area contributed by atoms with Gasteiger partial charge in [0, 0.05) is 0 Å². The number of nitrogens with one attached hydrogen (secondary N) is 1. The Morgan fingerprint density at radius 1 is 1.41 bits per heavy atom. The van der Waals surface area contributed by atoms with E-state index in [1.54, 1.807) is 13.8 Å². The summed E-state index contributed by atoms with van der Waals surface area (Å²) in [6.07, 6.45) is 1.19. The average Bonchev–Trinajstić information content (AvgIpc) is 2.51. The Kier molecular flexibility index (Phi) is 4.09. The fourth-order valence-corrected chi connectivity index (χ4v) is 1.52. The van der Waals surface area contributed by atoms with Crippen LogP contribution in [0.3, 0.4) is 0 Å². The molecule has 1 fully saturated rings. The Balaban J connectivity index is 2.63. The fourth-order valence-electron chi connectivity index (χ4n) is 1.52. The lowest BCUT2D eigenvalue weighted by molar-refractivity contribution is -0.147. The minimum absolute atomic E-state index is 0.299. The summed E-state index contributed by atoms with van der Waals surface area (Å²) in [7, 11) is 0. The first kappa shape index (κ1) is 13.5. The van der Waals surface area contributed by atoms with E-state index in [1.165, 1.54) is 0 Å². The number of hydrogen-bond donors (Lipinski definition) is 1. The third kappa shape index (κ3) is 2.75. The SMILES string of the molecule is CCCOC(=O)CN1C(=O)NC(C)(CC)C1=O. The summed E-state index contributed by atoms with van der Waals surface area (Å²) in [4.78, 5) is 35.7. The number of hydrogen-bond acceptors (Lipinski definition) is 4. The second kappa shape index (κ2) is 5.16. The standard InChI is InChI=1S/C11H18N2O4/c1-4-6-17-8(14)7-13-9(15)11(3,5-2)12-10(13)16/h4-7H2,1-3H3,(H,12,16). The zero-order valence-corrected chi connectivity index (χ0v) is 10.4. The van der Waals surface area contributed by atoms with Gasteiger partial charge in [-0.1, -0.05) is 13.8 Å². The second-order valence-electron chi connectivity index (χ2n) is 4.23. The van der Waals surface area contributed by atoms with Gasteiger partial charge in [-0.2, -0.15) is 0 Å². The maximum Gasteiger partial charge on any atom is 0.326 e. The van der Waals surface area contributed by atoms with Gasteiger partial charge in [0.2, 0.25) is 0 Å². The van der Waals surface area contributed by atoms with Crippen molar-refractivity contribution in [3.8, 4) is 0 Å². The van der Waals surface area contributed by atoms with Crippen LogP contribution < -0.4 is 5.32 Å². The zero-order chi connectivity index (χ0) is 13.1. The molecule has 0 saturated carbocycles. The molecule has 17 heavy (non-hydrogen) atoms. The molecule has 0 bridgehead atoms. The number of rotatable bonds is 5. The number of carbonyl (C=O) groups excluding carboxylic acids is 3. The van der Waals surface area contributed by atoms with Crippen molar-refractivity contribution >= 4 is 17.9 Å². The highest BCUT2D eigenvalue weighted by molar-refractivity contribution is 6.08. The Hall–Kier alpha value is -1.59. The summed E-state index contributed by atoms with van der Waals surface area (Å²) >= 11 is 0. The monoisotopic (exact) mass is 242 g/mol. The molecule has 3 amide bonds. The minimum Gasteiger partial charge on any atom is -0.464 e. The Labute approximate surface area is 100 Å². The van der Waals surface area contributed by atoms with E-state index >= 15 is 0 Å². The predicted octanol–water partition coefficient (Wildman–Crippen LogP) is 0.660. The van der Waals surface area contributed by atoms with Crippen molar-refractivity contribution in [1.82, 2.24) is 10.2 Å². The first-order chi connectivity index (χ1) is 7.94. The molecule has 0 radical (unpaired) electrons. The minimum atomic E-state index is -0.901. The van der Waals surface area contributed by atoms with Gasteiger partial charge in [-0.15, -0.1) is 0 Å². The number of ether oxygens (including phenoxy) is 1. The van der Waals surface area contributed by atoms with E-state index in [0.717, 1.165) is 4.90 Å². The van der Waals surface area contributed by atoms with E-state index in [4.69, 9.17) is 4.74 Å².